The topological polar surface area (TPSA) is 77.2 Å². The van der Waals surface area contributed by atoms with Crippen LogP contribution in [0.2, 0.25) is 0 Å². The van der Waals surface area contributed by atoms with Crippen LogP contribution >= 0.6 is 11.8 Å². The van der Waals surface area contributed by atoms with Crippen molar-refractivity contribution in [1.29, 1.82) is 0 Å². The summed E-state index contributed by atoms with van der Waals surface area (Å²) in [5, 5.41) is 0. The van der Waals surface area contributed by atoms with Crippen molar-refractivity contribution in [2.75, 3.05) is 43.2 Å². The third kappa shape index (κ3) is 3.74. The Bertz CT molecular complexity index is 912. The molecule has 1 aliphatic heterocycles. The van der Waals surface area contributed by atoms with Gasteiger partial charge in [0.05, 0.1) is 23.8 Å². The summed E-state index contributed by atoms with van der Waals surface area (Å²) < 4.78 is 5.52. The minimum atomic E-state index is 0.688. The summed E-state index contributed by atoms with van der Waals surface area (Å²) in [7, 11) is 0. The Kier molecular flexibility index (Phi) is 5.22. The predicted molar refractivity (Wildman–Crippen MR) is 110 cm³/mol. The van der Waals surface area contributed by atoms with Crippen molar-refractivity contribution in [3.05, 3.63) is 48.8 Å². The quantitative estimate of drug-likeness (QED) is 0.550. The summed E-state index contributed by atoms with van der Waals surface area (Å²) in [5.41, 5.74) is 9.39. The molecule has 1 saturated heterocycles. The monoisotopic (exact) mass is 379 g/mol. The van der Waals surface area contributed by atoms with Gasteiger partial charge in [0.2, 0.25) is 0 Å². The summed E-state index contributed by atoms with van der Waals surface area (Å²) >= 11 is 1.66. The van der Waals surface area contributed by atoms with E-state index < -0.39 is 0 Å². The highest BCUT2D eigenvalue weighted by molar-refractivity contribution is 7.98. The van der Waals surface area contributed by atoms with Crippen molar-refractivity contribution in [3.63, 3.8) is 0 Å². The maximum Gasteiger partial charge on any atom is 0.162 e. The zero-order valence-corrected chi connectivity index (χ0v) is 15.9. The first-order valence-corrected chi connectivity index (χ1v) is 10.0. The highest BCUT2D eigenvalue weighted by atomic mass is 32.2. The number of nitrogens with zero attached hydrogens (tertiary/aromatic N) is 4. The fourth-order valence-corrected chi connectivity index (χ4v) is 3.79. The lowest BCUT2D eigenvalue weighted by Crippen LogP contribution is -2.37. The van der Waals surface area contributed by atoms with Crippen LogP contribution in [-0.2, 0) is 4.74 Å². The molecule has 2 N–H and O–H groups in total. The summed E-state index contributed by atoms with van der Waals surface area (Å²) in [6.45, 7) is 3.05. The Morgan fingerprint density at radius 1 is 1.04 bits per heavy atom. The van der Waals surface area contributed by atoms with Crippen LogP contribution in [0.25, 0.3) is 22.6 Å². The van der Waals surface area contributed by atoms with Crippen molar-refractivity contribution in [1.82, 2.24) is 15.0 Å². The van der Waals surface area contributed by atoms with Gasteiger partial charge in [0.1, 0.15) is 5.82 Å². The van der Waals surface area contributed by atoms with Crippen LogP contribution in [0.4, 0.5) is 11.5 Å². The van der Waals surface area contributed by atoms with Gasteiger partial charge in [-0.25, -0.2) is 9.97 Å². The standard InChI is InChI=1S/C20H21N5OS/c1-27-18-17(15-3-2-8-22-13-15)23-19(14-4-6-16(21)7-5-14)24-20(18)25-9-11-26-12-10-25/h2-8,13H,9-12,21H2,1H3. The first kappa shape index (κ1) is 17.8. The number of aromatic nitrogens is 3. The third-order valence-electron chi connectivity index (χ3n) is 4.47. The van der Waals surface area contributed by atoms with Gasteiger partial charge in [-0.2, -0.15) is 0 Å². The molecule has 1 fully saturated rings. The Balaban J connectivity index is 1.90. The molecule has 0 aliphatic carbocycles. The van der Waals surface area contributed by atoms with E-state index in [-0.39, 0.29) is 0 Å². The largest absolute Gasteiger partial charge is 0.399 e. The lowest BCUT2D eigenvalue weighted by atomic mass is 10.1. The highest BCUT2D eigenvalue weighted by Crippen LogP contribution is 2.37. The third-order valence-corrected chi connectivity index (χ3v) is 5.25. The number of anilines is 2. The molecule has 0 saturated carbocycles. The highest BCUT2D eigenvalue weighted by Gasteiger charge is 2.22. The fourth-order valence-electron chi connectivity index (χ4n) is 3.08. The van der Waals surface area contributed by atoms with E-state index in [1.807, 2.05) is 42.6 Å². The first-order valence-electron chi connectivity index (χ1n) is 8.81. The molecular formula is C20H21N5OS. The number of rotatable bonds is 4. The summed E-state index contributed by atoms with van der Waals surface area (Å²) in [5.74, 6) is 1.64. The van der Waals surface area contributed by atoms with Crippen LogP contribution in [0.5, 0.6) is 0 Å². The average Bonchev–Trinajstić information content (AvgIpc) is 2.74. The van der Waals surface area contributed by atoms with E-state index in [1.54, 1.807) is 18.0 Å². The number of nitrogens with two attached hydrogens (primary N) is 1. The molecule has 138 valence electrons. The SMILES string of the molecule is CSc1c(-c2cccnc2)nc(-c2ccc(N)cc2)nc1N1CCOCC1. The second-order valence-electron chi connectivity index (χ2n) is 6.22. The lowest BCUT2D eigenvalue weighted by molar-refractivity contribution is 0.122. The normalized spacial score (nSPS) is 14.3. The van der Waals surface area contributed by atoms with E-state index in [9.17, 15) is 0 Å². The van der Waals surface area contributed by atoms with E-state index in [1.165, 1.54) is 0 Å². The number of morpholine rings is 1. The van der Waals surface area contributed by atoms with E-state index in [0.29, 0.717) is 19.0 Å². The molecule has 0 bridgehead atoms. The van der Waals surface area contributed by atoms with E-state index in [0.717, 1.165) is 46.3 Å². The van der Waals surface area contributed by atoms with Crippen molar-refractivity contribution in [3.8, 4) is 22.6 Å². The smallest absolute Gasteiger partial charge is 0.162 e. The van der Waals surface area contributed by atoms with E-state index in [2.05, 4.69) is 16.1 Å². The first-order chi connectivity index (χ1) is 13.3. The molecule has 6 nitrogen and oxygen atoms in total. The number of hydrogen-bond donors (Lipinski definition) is 1. The summed E-state index contributed by atoms with van der Waals surface area (Å²) in [6, 6.07) is 11.6. The Morgan fingerprint density at radius 3 is 2.48 bits per heavy atom. The zero-order chi connectivity index (χ0) is 18.6. The molecule has 27 heavy (non-hydrogen) atoms. The number of hydrogen-bond acceptors (Lipinski definition) is 7. The van der Waals surface area contributed by atoms with Crippen molar-refractivity contribution in [2.24, 2.45) is 0 Å². The van der Waals surface area contributed by atoms with Crippen LogP contribution in [-0.4, -0.2) is 47.5 Å². The molecular weight excluding hydrogens is 358 g/mol. The maximum atomic E-state index is 5.84. The second kappa shape index (κ2) is 7.94. The van der Waals surface area contributed by atoms with Crippen LogP contribution in [0.1, 0.15) is 0 Å². The van der Waals surface area contributed by atoms with Crippen LogP contribution < -0.4 is 10.6 Å². The molecule has 0 atom stereocenters. The van der Waals surface area contributed by atoms with Gasteiger partial charge in [0, 0.05) is 42.3 Å². The number of nitrogen functional groups attached to an aromatic ring is 1. The number of benzene rings is 1. The molecule has 1 aromatic carbocycles. The molecule has 0 amide bonds. The van der Waals surface area contributed by atoms with Gasteiger partial charge in [0.15, 0.2) is 5.82 Å². The average molecular weight is 379 g/mol. The van der Waals surface area contributed by atoms with Crippen molar-refractivity contribution < 1.29 is 4.74 Å². The molecule has 4 rings (SSSR count). The van der Waals surface area contributed by atoms with Gasteiger partial charge < -0.3 is 15.4 Å². The van der Waals surface area contributed by atoms with Gasteiger partial charge in [-0.05, 0) is 42.7 Å². The van der Waals surface area contributed by atoms with Gasteiger partial charge in [-0.3, -0.25) is 4.98 Å². The van der Waals surface area contributed by atoms with E-state index >= 15 is 0 Å². The van der Waals surface area contributed by atoms with Crippen molar-refractivity contribution >= 4 is 23.3 Å². The molecule has 2 aromatic heterocycles. The molecule has 0 unspecified atom stereocenters. The Labute approximate surface area is 162 Å². The molecule has 1 aliphatic rings. The van der Waals surface area contributed by atoms with Gasteiger partial charge >= 0.3 is 0 Å². The summed E-state index contributed by atoms with van der Waals surface area (Å²) in [6.07, 6.45) is 5.68. The Morgan fingerprint density at radius 2 is 1.81 bits per heavy atom. The van der Waals surface area contributed by atoms with Gasteiger partial charge in [0.25, 0.3) is 0 Å². The van der Waals surface area contributed by atoms with Crippen molar-refractivity contribution in [2.45, 2.75) is 4.90 Å². The van der Waals surface area contributed by atoms with Gasteiger partial charge in [-0.1, -0.05) is 0 Å². The second-order valence-corrected chi connectivity index (χ2v) is 7.03. The minimum absolute atomic E-state index is 0.688. The number of pyridine rings is 1. The lowest BCUT2D eigenvalue weighted by Gasteiger charge is -2.30. The molecule has 0 radical (unpaired) electrons. The van der Waals surface area contributed by atoms with E-state index in [4.69, 9.17) is 20.4 Å². The number of ether oxygens (including phenoxy) is 1. The number of thioether (sulfide) groups is 1. The summed E-state index contributed by atoms with van der Waals surface area (Å²) in [4.78, 5) is 17.4. The van der Waals surface area contributed by atoms with Crippen LogP contribution in [0, 0.1) is 0 Å². The Hall–Kier alpha value is -2.64. The minimum Gasteiger partial charge on any atom is -0.399 e. The molecule has 3 heterocycles. The molecule has 0 spiro atoms. The van der Waals surface area contributed by atoms with Crippen LogP contribution in [0.15, 0.2) is 53.7 Å². The van der Waals surface area contributed by atoms with Crippen LogP contribution in [0.3, 0.4) is 0 Å². The predicted octanol–water partition coefficient (Wildman–Crippen LogP) is 3.35. The molecule has 7 heteroatoms. The zero-order valence-electron chi connectivity index (χ0n) is 15.1. The van der Waals surface area contributed by atoms with Gasteiger partial charge in [-0.15, -0.1) is 11.8 Å². The fraction of sp³-hybridized carbons (Fsp3) is 0.250. The molecule has 3 aromatic rings. The maximum absolute atomic E-state index is 5.84.